The van der Waals surface area contributed by atoms with Crippen LogP contribution in [0.15, 0.2) is 41.0 Å². The molecule has 0 radical (unpaired) electrons. The minimum atomic E-state index is -0.0823. The Hall–Kier alpha value is -2.76. The molecule has 28 heavy (non-hydrogen) atoms. The Morgan fingerprint density at radius 2 is 1.93 bits per heavy atom. The molecule has 4 rings (SSSR count). The first-order chi connectivity index (χ1) is 13.5. The van der Waals surface area contributed by atoms with Gasteiger partial charge >= 0.3 is 0 Å². The Morgan fingerprint density at radius 1 is 1.14 bits per heavy atom. The largest absolute Gasteiger partial charge is 0.459 e. The summed E-state index contributed by atoms with van der Waals surface area (Å²) >= 11 is 0. The highest BCUT2D eigenvalue weighted by molar-refractivity contribution is 5.94. The van der Waals surface area contributed by atoms with Gasteiger partial charge in [-0.25, -0.2) is 0 Å². The van der Waals surface area contributed by atoms with Crippen molar-refractivity contribution in [2.45, 2.75) is 44.7 Å². The molecule has 6 heteroatoms. The van der Waals surface area contributed by atoms with Crippen molar-refractivity contribution in [3.05, 3.63) is 47.9 Å². The number of amides is 2. The Balaban J connectivity index is 1.57. The molecule has 2 aromatic rings. The lowest BCUT2D eigenvalue weighted by Crippen LogP contribution is -2.33. The molecule has 6 nitrogen and oxygen atoms in total. The number of rotatable bonds is 7. The van der Waals surface area contributed by atoms with Crippen LogP contribution >= 0.6 is 0 Å². The van der Waals surface area contributed by atoms with Crippen molar-refractivity contribution in [2.24, 2.45) is 5.92 Å². The highest BCUT2D eigenvalue weighted by atomic mass is 16.3. The number of carbonyl (C=O) groups excluding carboxylic acids is 2. The van der Waals surface area contributed by atoms with E-state index in [4.69, 9.17) is 4.42 Å². The molecule has 2 aliphatic rings. The van der Waals surface area contributed by atoms with Crippen LogP contribution in [0.5, 0.6) is 0 Å². The lowest BCUT2D eigenvalue weighted by atomic mass is 9.85. The van der Waals surface area contributed by atoms with E-state index in [1.165, 1.54) is 6.26 Å². The van der Waals surface area contributed by atoms with E-state index in [0.29, 0.717) is 12.3 Å². The molecule has 0 spiro atoms. The van der Waals surface area contributed by atoms with E-state index in [0.717, 1.165) is 49.0 Å². The van der Waals surface area contributed by atoms with Crippen LogP contribution in [0.4, 0.5) is 11.4 Å². The van der Waals surface area contributed by atoms with Gasteiger partial charge in [-0.3, -0.25) is 9.59 Å². The van der Waals surface area contributed by atoms with Crippen molar-refractivity contribution in [1.82, 2.24) is 4.90 Å². The quantitative estimate of drug-likeness (QED) is 0.790. The van der Waals surface area contributed by atoms with Crippen LogP contribution in [0, 0.1) is 5.92 Å². The van der Waals surface area contributed by atoms with Gasteiger partial charge in [0.15, 0.2) is 5.76 Å². The Bertz CT molecular complexity index is 852. The third-order valence-electron chi connectivity index (χ3n) is 5.63. The summed E-state index contributed by atoms with van der Waals surface area (Å²) in [5.41, 5.74) is 2.85. The standard InChI is InChI=1S/C22H27N3O3/c1-24(2)19-11-8-17(23-21(26)15-5-3-6-15)13-16(19)14-25(18-9-10-18)22(27)20-7-4-12-28-20/h4,7-8,11-13,15,18H,3,5-6,9-10,14H2,1-2H3,(H,23,26). The van der Waals surface area contributed by atoms with Crippen molar-refractivity contribution in [3.8, 4) is 0 Å². The summed E-state index contributed by atoms with van der Waals surface area (Å²) in [6.07, 6.45) is 6.64. The van der Waals surface area contributed by atoms with Gasteiger partial charge in [0.2, 0.25) is 5.91 Å². The molecule has 0 unspecified atom stereocenters. The molecule has 2 fully saturated rings. The van der Waals surface area contributed by atoms with Gasteiger partial charge in [-0.05, 0) is 61.6 Å². The average Bonchev–Trinajstić information content (AvgIpc) is 3.30. The molecule has 1 aromatic heterocycles. The van der Waals surface area contributed by atoms with Crippen molar-refractivity contribution in [1.29, 1.82) is 0 Å². The zero-order valence-electron chi connectivity index (χ0n) is 16.5. The molecule has 2 saturated carbocycles. The number of nitrogens with one attached hydrogen (secondary N) is 1. The summed E-state index contributed by atoms with van der Waals surface area (Å²) in [6, 6.07) is 9.64. The summed E-state index contributed by atoms with van der Waals surface area (Å²) in [5.74, 6) is 0.523. The third-order valence-corrected chi connectivity index (χ3v) is 5.63. The minimum Gasteiger partial charge on any atom is -0.459 e. The summed E-state index contributed by atoms with van der Waals surface area (Å²) in [6.45, 7) is 0.491. The number of hydrogen-bond donors (Lipinski definition) is 1. The normalized spacial score (nSPS) is 16.4. The van der Waals surface area contributed by atoms with Crippen LogP contribution in [0.1, 0.15) is 48.2 Å². The van der Waals surface area contributed by atoms with Crippen LogP contribution < -0.4 is 10.2 Å². The van der Waals surface area contributed by atoms with E-state index >= 15 is 0 Å². The van der Waals surface area contributed by atoms with Gasteiger partial charge in [-0.1, -0.05) is 6.42 Å². The fraction of sp³-hybridized carbons (Fsp3) is 0.455. The predicted octanol–water partition coefficient (Wildman–Crippen LogP) is 3.89. The fourth-order valence-corrected chi connectivity index (χ4v) is 3.62. The highest BCUT2D eigenvalue weighted by Gasteiger charge is 2.34. The fourth-order valence-electron chi connectivity index (χ4n) is 3.62. The summed E-state index contributed by atoms with van der Waals surface area (Å²) in [4.78, 5) is 29.2. The highest BCUT2D eigenvalue weighted by Crippen LogP contribution is 2.33. The lowest BCUT2D eigenvalue weighted by molar-refractivity contribution is -0.122. The van der Waals surface area contributed by atoms with E-state index in [1.807, 2.05) is 42.1 Å². The predicted molar refractivity (Wildman–Crippen MR) is 108 cm³/mol. The smallest absolute Gasteiger partial charge is 0.290 e. The Labute approximate surface area is 165 Å². The molecular formula is C22H27N3O3. The molecular weight excluding hydrogens is 354 g/mol. The average molecular weight is 381 g/mol. The number of carbonyl (C=O) groups is 2. The second kappa shape index (κ2) is 7.70. The van der Waals surface area contributed by atoms with Gasteiger partial charge in [-0.2, -0.15) is 0 Å². The first kappa shape index (κ1) is 18.6. The van der Waals surface area contributed by atoms with Crippen molar-refractivity contribution >= 4 is 23.2 Å². The van der Waals surface area contributed by atoms with E-state index in [2.05, 4.69) is 5.32 Å². The number of anilines is 2. The molecule has 1 heterocycles. The first-order valence-electron chi connectivity index (χ1n) is 9.98. The maximum absolute atomic E-state index is 12.9. The van der Waals surface area contributed by atoms with Crippen LogP contribution in [0.3, 0.4) is 0 Å². The second-order valence-corrected chi connectivity index (χ2v) is 8.00. The summed E-state index contributed by atoms with van der Waals surface area (Å²) in [5, 5.41) is 3.05. The van der Waals surface area contributed by atoms with Gasteiger partial charge in [0.05, 0.1) is 6.26 Å². The first-order valence-corrected chi connectivity index (χ1v) is 9.98. The van der Waals surface area contributed by atoms with E-state index in [-0.39, 0.29) is 23.8 Å². The molecule has 2 aliphatic carbocycles. The van der Waals surface area contributed by atoms with Crippen molar-refractivity contribution in [3.63, 3.8) is 0 Å². The maximum Gasteiger partial charge on any atom is 0.290 e. The van der Waals surface area contributed by atoms with Crippen LogP contribution in [0.25, 0.3) is 0 Å². The zero-order valence-corrected chi connectivity index (χ0v) is 16.5. The van der Waals surface area contributed by atoms with Gasteiger partial charge in [0.25, 0.3) is 5.91 Å². The van der Waals surface area contributed by atoms with Crippen LogP contribution in [-0.2, 0) is 11.3 Å². The van der Waals surface area contributed by atoms with Crippen molar-refractivity contribution < 1.29 is 14.0 Å². The minimum absolute atomic E-state index is 0.0823. The molecule has 1 aromatic carbocycles. The molecule has 1 N–H and O–H groups in total. The van der Waals surface area contributed by atoms with E-state index in [1.54, 1.807) is 12.1 Å². The number of furan rings is 1. The lowest BCUT2D eigenvalue weighted by Gasteiger charge is -2.27. The van der Waals surface area contributed by atoms with Crippen LogP contribution in [-0.4, -0.2) is 36.9 Å². The SMILES string of the molecule is CN(C)c1ccc(NC(=O)C2CCC2)cc1CN(C(=O)c1ccco1)C1CC1. The molecule has 2 amide bonds. The molecule has 148 valence electrons. The van der Waals surface area contributed by atoms with Crippen molar-refractivity contribution in [2.75, 3.05) is 24.3 Å². The van der Waals surface area contributed by atoms with Gasteiger partial charge < -0.3 is 19.5 Å². The summed E-state index contributed by atoms with van der Waals surface area (Å²) in [7, 11) is 3.97. The Kier molecular flexibility index (Phi) is 5.11. The second-order valence-electron chi connectivity index (χ2n) is 8.00. The molecule has 0 atom stereocenters. The summed E-state index contributed by atoms with van der Waals surface area (Å²) < 4.78 is 5.33. The number of nitrogens with zero attached hydrogens (tertiary/aromatic N) is 2. The third kappa shape index (κ3) is 3.91. The van der Waals surface area contributed by atoms with Gasteiger partial charge in [0.1, 0.15) is 0 Å². The molecule has 0 saturated heterocycles. The maximum atomic E-state index is 12.9. The van der Waals surface area contributed by atoms with E-state index < -0.39 is 0 Å². The zero-order chi connectivity index (χ0) is 19.7. The monoisotopic (exact) mass is 381 g/mol. The topological polar surface area (TPSA) is 65.8 Å². The van der Waals surface area contributed by atoms with Crippen LogP contribution in [0.2, 0.25) is 0 Å². The van der Waals surface area contributed by atoms with Gasteiger partial charge in [0, 0.05) is 44.0 Å². The van der Waals surface area contributed by atoms with E-state index in [9.17, 15) is 9.59 Å². The molecule has 0 aliphatic heterocycles. The number of benzene rings is 1. The number of hydrogen-bond acceptors (Lipinski definition) is 4. The Morgan fingerprint density at radius 3 is 2.50 bits per heavy atom. The molecule has 0 bridgehead atoms. The van der Waals surface area contributed by atoms with Gasteiger partial charge in [-0.15, -0.1) is 0 Å².